The molecule has 1 rings (SSSR count). The molecule has 0 aliphatic carbocycles. The van der Waals surface area contributed by atoms with Crippen molar-refractivity contribution < 1.29 is 4.79 Å². The largest absolute Gasteiger partial charge is 0.340 e. The average Bonchev–Trinajstić information content (AvgIpc) is 2.27. The van der Waals surface area contributed by atoms with Crippen LogP contribution in [0.25, 0.3) is 0 Å². The molecule has 0 heterocycles. The van der Waals surface area contributed by atoms with Crippen molar-refractivity contribution in [2.24, 2.45) is 0 Å². The van der Waals surface area contributed by atoms with Crippen molar-refractivity contribution in [1.82, 2.24) is 10.2 Å². The molecule has 0 spiro atoms. The van der Waals surface area contributed by atoms with Gasteiger partial charge in [-0.2, -0.15) is 0 Å². The first-order chi connectivity index (χ1) is 8.36. The molecule has 3 nitrogen and oxygen atoms in total. The van der Waals surface area contributed by atoms with Gasteiger partial charge in [0.05, 0.1) is 5.54 Å². The summed E-state index contributed by atoms with van der Waals surface area (Å²) >= 11 is 5.93. The molecule has 1 aromatic carbocycles. The van der Waals surface area contributed by atoms with E-state index in [4.69, 9.17) is 11.6 Å². The molecule has 1 aromatic rings. The van der Waals surface area contributed by atoms with Gasteiger partial charge in [0, 0.05) is 18.6 Å². The number of amides is 1. The van der Waals surface area contributed by atoms with E-state index < -0.39 is 5.54 Å². The molecule has 0 radical (unpaired) electrons. The monoisotopic (exact) mass is 268 g/mol. The smallest absolute Gasteiger partial charge is 0.242 e. The third kappa shape index (κ3) is 4.00. The summed E-state index contributed by atoms with van der Waals surface area (Å²) in [7, 11) is 1.81. The zero-order valence-electron chi connectivity index (χ0n) is 11.5. The number of hydrogen-bond donors (Lipinski definition) is 1. The standard InChI is InChI=1S/C14H21ClN2O/c1-5-16-14(2,3)13(18)17(4)10-11-7-6-8-12(15)9-11/h6-9,16H,5,10H2,1-4H3. The molecule has 1 amide bonds. The first-order valence-electron chi connectivity index (χ1n) is 6.12. The summed E-state index contributed by atoms with van der Waals surface area (Å²) in [4.78, 5) is 14.0. The summed E-state index contributed by atoms with van der Waals surface area (Å²) in [6, 6.07) is 7.57. The van der Waals surface area contributed by atoms with Crippen LogP contribution in [0.1, 0.15) is 26.3 Å². The van der Waals surface area contributed by atoms with Crippen LogP contribution < -0.4 is 5.32 Å². The van der Waals surface area contributed by atoms with Gasteiger partial charge in [-0.3, -0.25) is 4.79 Å². The lowest BCUT2D eigenvalue weighted by Crippen LogP contribution is -2.52. The topological polar surface area (TPSA) is 32.3 Å². The number of nitrogens with one attached hydrogen (secondary N) is 1. The molecule has 0 aliphatic rings. The minimum absolute atomic E-state index is 0.0734. The van der Waals surface area contributed by atoms with Crippen molar-refractivity contribution in [2.75, 3.05) is 13.6 Å². The second-order valence-electron chi connectivity index (χ2n) is 4.95. The number of hydrogen-bond acceptors (Lipinski definition) is 2. The molecular weight excluding hydrogens is 248 g/mol. The van der Waals surface area contributed by atoms with Crippen LogP contribution in [-0.4, -0.2) is 29.9 Å². The van der Waals surface area contributed by atoms with E-state index in [1.54, 1.807) is 4.90 Å². The SMILES string of the molecule is CCNC(C)(C)C(=O)N(C)Cc1cccc(Cl)c1. The summed E-state index contributed by atoms with van der Waals surface area (Å²) in [5, 5.41) is 3.88. The van der Waals surface area contributed by atoms with E-state index in [0.717, 1.165) is 12.1 Å². The van der Waals surface area contributed by atoms with E-state index in [-0.39, 0.29) is 5.91 Å². The first-order valence-corrected chi connectivity index (χ1v) is 6.49. The first kappa shape index (κ1) is 15.0. The fourth-order valence-electron chi connectivity index (χ4n) is 1.98. The van der Waals surface area contributed by atoms with Gasteiger partial charge >= 0.3 is 0 Å². The van der Waals surface area contributed by atoms with Gasteiger partial charge in [0.2, 0.25) is 5.91 Å². The van der Waals surface area contributed by atoms with Crippen molar-refractivity contribution in [3.63, 3.8) is 0 Å². The van der Waals surface area contributed by atoms with Crippen molar-refractivity contribution in [1.29, 1.82) is 0 Å². The van der Waals surface area contributed by atoms with Gasteiger partial charge in [0.1, 0.15) is 0 Å². The summed E-state index contributed by atoms with van der Waals surface area (Å²) in [5.41, 5.74) is 0.493. The maximum absolute atomic E-state index is 12.3. The maximum atomic E-state index is 12.3. The highest BCUT2D eigenvalue weighted by molar-refractivity contribution is 6.30. The normalized spacial score (nSPS) is 11.4. The number of benzene rings is 1. The molecule has 0 saturated heterocycles. The Hall–Kier alpha value is -1.06. The fraction of sp³-hybridized carbons (Fsp3) is 0.500. The summed E-state index contributed by atoms with van der Waals surface area (Å²) < 4.78 is 0. The molecule has 0 saturated carbocycles. The zero-order valence-corrected chi connectivity index (χ0v) is 12.2. The molecular formula is C14H21ClN2O. The van der Waals surface area contributed by atoms with Crippen LogP contribution in [0.3, 0.4) is 0 Å². The molecule has 0 aliphatic heterocycles. The van der Waals surface area contributed by atoms with Crippen molar-refractivity contribution >= 4 is 17.5 Å². The molecule has 4 heteroatoms. The second kappa shape index (κ2) is 6.21. The molecule has 0 unspecified atom stereocenters. The third-order valence-electron chi connectivity index (χ3n) is 2.81. The highest BCUT2D eigenvalue weighted by atomic mass is 35.5. The Morgan fingerprint density at radius 1 is 1.44 bits per heavy atom. The number of carbonyl (C=O) groups is 1. The van der Waals surface area contributed by atoms with E-state index >= 15 is 0 Å². The van der Waals surface area contributed by atoms with Gasteiger partial charge in [-0.15, -0.1) is 0 Å². The van der Waals surface area contributed by atoms with Crippen LogP contribution in [0.15, 0.2) is 24.3 Å². The van der Waals surface area contributed by atoms with Gasteiger partial charge < -0.3 is 10.2 Å². The molecule has 100 valence electrons. The number of likely N-dealkylation sites (N-methyl/N-ethyl adjacent to an activating group) is 2. The van der Waals surface area contributed by atoms with Crippen LogP contribution in [0.2, 0.25) is 5.02 Å². The third-order valence-corrected chi connectivity index (χ3v) is 3.04. The van der Waals surface area contributed by atoms with Crippen molar-refractivity contribution in [3.05, 3.63) is 34.9 Å². The number of carbonyl (C=O) groups excluding carboxylic acids is 1. The van der Waals surface area contributed by atoms with Crippen molar-refractivity contribution in [2.45, 2.75) is 32.9 Å². The number of nitrogens with zero attached hydrogens (tertiary/aromatic N) is 1. The summed E-state index contributed by atoms with van der Waals surface area (Å²) in [6.07, 6.45) is 0. The van der Waals surface area contributed by atoms with Crippen molar-refractivity contribution in [3.8, 4) is 0 Å². The van der Waals surface area contributed by atoms with Gasteiger partial charge in [0.25, 0.3) is 0 Å². The fourth-order valence-corrected chi connectivity index (χ4v) is 2.19. The maximum Gasteiger partial charge on any atom is 0.242 e. The lowest BCUT2D eigenvalue weighted by Gasteiger charge is -2.30. The molecule has 0 bridgehead atoms. The van der Waals surface area contributed by atoms with Crippen LogP contribution in [-0.2, 0) is 11.3 Å². The zero-order chi connectivity index (χ0) is 13.8. The van der Waals surface area contributed by atoms with Gasteiger partial charge in [-0.1, -0.05) is 30.7 Å². The van der Waals surface area contributed by atoms with E-state index in [1.807, 2.05) is 52.1 Å². The Kier molecular flexibility index (Phi) is 5.17. The predicted octanol–water partition coefficient (Wildman–Crippen LogP) is 2.69. The van der Waals surface area contributed by atoms with Crippen LogP contribution in [0, 0.1) is 0 Å². The molecule has 0 aromatic heterocycles. The van der Waals surface area contributed by atoms with Gasteiger partial charge in [-0.05, 0) is 38.1 Å². The number of rotatable bonds is 5. The highest BCUT2D eigenvalue weighted by Gasteiger charge is 2.29. The van der Waals surface area contributed by atoms with E-state index in [9.17, 15) is 4.79 Å². The average molecular weight is 269 g/mol. The molecule has 0 fully saturated rings. The lowest BCUT2D eigenvalue weighted by atomic mass is 10.0. The Labute approximate surface area is 114 Å². The minimum atomic E-state index is -0.540. The van der Waals surface area contributed by atoms with Gasteiger partial charge in [-0.25, -0.2) is 0 Å². The van der Waals surface area contributed by atoms with Crippen LogP contribution in [0.5, 0.6) is 0 Å². The van der Waals surface area contributed by atoms with E-state index in [0.29, 0.717) is 11.6 Å². The van der Waals surface area contributed by atoms with Gasteiger partial charge in [0.15, 0.2) is 0 Å². The Morgan fingerprint density at radius 2 is 2.11 bits per heavy atom. The molecule has 18 heavy (non-hydrogen) atoms. The Bertz CT molecular complexity index is 418. The molecule has 1 N–H and O–H groups in total. The highest BCUT2D eigenvalue weighted by Crippen LogP contribution is 2.14. The summed E-state index contributed by atoms with van der Waals surface area (Å²) in [5.74, 6) is 0.0734. The minimum Gasteiger partial charge on any atom is -0.340 e. The van der Waals surface area contributed by atoms with Crippen LogP contribution in [0.4, 0.5) is 0 Å². The predicted molar refractivity (Wildman–Crippen MR) is 75.7 cm³/mol. The second-order valence-corrected chi connectivity index (χ2v) is 5.38. The van der Waals surface area contributed by atoms with E-state index in [1.165, 1.54) is 0 Å². The number of halogens is 1. The lowest BCUT2D eigenvalue weighted by molar-refractivity contribution is -0.136. The Balaban J connectivity index is 2.71. The molecule has 0 atom stereocenters. The quantitative estimate of drug-likeness (QED) is 0.891. The summed E-state index contributed by atoms with van der Waals surface area (Å²) in [6.45, 7) is 7.12. The Morgan fingerprint density at radius 3 is 2.67 bits per heavy atom. The van der Waals surface area contributed by atoms with Crippen LogP contribution >= 0.6 is 11.6 Å². The van der Waals surface area contributed by atoms with E-state index in [2.05, 4.69) is 5.32 Å².